The van der Waals surface area contributed by atoms with Gasteiger partial charge in [0.15, 0.2) is 0 Å². The largest absolute Gasteiger partial charge is 0.353 e. The van der Waals surface area contributed by atoms with E-state index in [-0.39, 0.29) is 24.4 Å². The Hall–Kier alpha value is -1.10. The Morgan fingerprint density at radius 1 is 1.31 bits per heavy atom. The van der Waals surface area contributed by atoms with E-state index in [1.54, 1.807) is 19.0 Å². The van der Waals surface area contributed by atoms with Crippen molar-refractivity contribution < 1.29 is 9.59 Å². The highest BCUT2D eigenvalue weighted by Crippen LogP contribution is 1.87. The van der Waals surface area contributed by atoms with Gasteiger partial charge in [0.2, 0.25) is 11.8 Å². The fourth-order valence-corrected chi connectivity index (χ4v) is 1.05. The number of rotatable bonds is 7. The number of hydrogen-bond donors (Lipinski definition) is 2. The molecule has 0 aromatic heterocycles. The first-order valence-corrected chi connectivity index (χ1v) is 5.67. The van der Waals surface area contributed by atoms with Crippen LogP contribution < -0.4 is 10.6 Å². The van der Waals surface area contributed by atoms with Crippen molar-refractivity contribution in [1.82, 2.24) is 15.5 Å². The first kappa shape index (κ1) is 14.9. The topological polar surface area (TPSA) is 61.4 Å². The van der Waals surface area contributed by atoms with E-state index in [0.29, 0.717) is 13.0 Å². The third-order valence-corrected chi connectivity index (χ3v) is 2.32. The first-order chi connectivity index (χ1) is 7.47. The molecule has 0 fully saturated rings. The van der Waals surface area contributed by atoms with Crippen LogP contribution in [0, 0.1) is 0 Å². The molecule has 0 saturated carbocycles. The van der Waals surface area contributed by atoms with E-state index in [1.807, 2.05) is 13.8 Å². The summed E-state index contributed by atoms with van der Waals surface area (Å²) >= 11 is 0. The van der Waals surface area contributed by atoms with Crippen molar-refractivity contribution in [2.75, 3.05) is 27.2 Å². The summed E-state index contributed by atoms with van der Waals surface area (Å²) < 4.78 is 0. The number of nitrogens with zero attached hydrogens (tertiary/aromatic N) is 1. The number of hydrogen-bond acceptors (Lipinski definition) is 3. The van der Waals surface area contributed by atoms with Crippen LogP contribution in [0.2, 0.25) is 0 Å². The molecule has 5 heteroatoms. The molecule has 0 spiro atoms. The van der Waals surface area contributed by atoms with Gasteiger partial charge in [-0.15, -0.1) is 0 Å². The summed E-state index contributed by atoms with van der Waals surface area (Å²) in [6.07, 6.45) is 1.34. The quantitative estimate of drug-likeness (QED) is 0.603. The molecule has 2 N–H and O–H groups in total. The van der Waals surface area contributed by atoms with Crippen molar-refractivity contribution >= 4 is 11.8 Å². The molecule has 1 atom stereocenters. The van der Waals surface area contributed by atoms with Crippen LogP contribution >= 0.6 is 0 Å². The lowest BCUT2D eigenvalue weighted by molar-refractivity contribution is -0.128. The Bertz CT molecular complexity index is 229. The lowest BCUT2D eigenvalue weighted by Gasteiger charge is -2.12. The summed E-state index contributed by atoms with van der Waals surface area (Å²) in [4.78, 5) is 24.1. The number of amides is 2. The van der Waals surface area contributed by atoms with Gasteiger partial charge in [-0.25, -0.2) is 0 Å². The van der Waals surface area contributed by atoms with Crippen molar-refractivity contribution in [3.05, 3.63) is 0 Å². The summed E-state index contributed by atoms with van der Waals surface area (Å²) in [7, 11) is 3.44. The second-order valence-corrected chi connectivity index (χ2v) is 4.09. The molecule has 0 bridgehead atoms. The molecular weight excluding hydrogens is 206 g/mol. The van der Waals surface area contributed by atoms with Gasteiger partial charge in [-0.3, -0.25) is 9.59 Å². The van der Waals surface area contributed by atoms with Crippen molar-refractivity contribution in [2.24, 2.45) is 0 Å². The van der Waals surface area contributed by atoms with Crippen molar-refractivity contribution in [2.45, 2.75) is 32.7 Å². The smallest absolute Gasteiger partial charge is 0.234 e. The molecule has 0 aromatic rings. The molecule has 2 amide bonds. The monoisotopic (exact) mass is 229 g/mol. The number of carbonyl (C=O) groups excluding carboxylic acids is 2. The normalized spacial score (nSPS) is 12.0. The molecule has 16 heavy (non-hydrogen) atoms. The van der Waals surface area contributed by atoms with E-state index in [2.05, 4.69) is 10.6 Å². The van der Waals surface area contributed by atoms with Crippen molar-refractivity contribution in [1.29, 1.82) is 0 Å². The maximum absolute atomic E-state index is 11.3. The fourth-order valence-electron chi connectivity index (χ4n) is 1.05. The van der Waals surface area contributed by atoms with Gasteiger partial charge in [0.1, 0.15) is 0 Å². The zero-order chi connectivity index (χ0) is 12.6. The summed E-state index contributed by atoms with van der Waals surface area (Å²) in [5.41, 5.74) is 0. The van der Waals surface area contributed by atoms with Gasteiger partial charge in [-0.2, -0.15) is 0 Å². The van der Waals surface area contributed by atoms with Gasteiger partial charge in [-0.05, 0) is 13.3 Å². The third kappa shape index (κ3) is 7.23. The molecule has 0 rings (SSSR count). The van der Waals surface area contributed by atoms with E-state index >= 15 is 0 Å². The van der Waals surface area contributed by atoms with Crippen LogP contribution in [0.5, 0.6) is 0 Å². The molecule has 1 unspecified atom stereocenters. The Labute approximate surface area is 97.6 Å². The van der Waals surface area contributed by atoms with E-state index < -0.39 is 0 Å². The summed E-state index contributed by atoms with van der Waals surface area (Å²) in [5.74, 6) is 0.0430. The maximum Gasteiger partial charge on any atom is 0.234 e. The lowest BCUT2D eigenvalue weighted by Crippen LogP contribution is -2.39. The van der Waals surface area contributed by atoms with E-state index in [4.69, 9.17) is 0 Å². The van der Waals surface area contributed by atoms with Crippen LogP contribution in [-0.2, 0) is 9.59 Å². The van der Waals surface area contributed by atoms with Gasteiger partial charge in [0, 0.05) is 33.1 Å². The average Bonchev–Trinajstić information content (AvgIpc) is 2.23. The molecule has 94 valence electrons. The average molecular weight is 229 g/mol. The molecule has 0 aliphatic heterocycles. The predicted molar refractivity (Wildman–Crippen MR) is 64.1 cm³/mol. The Kier molecular flexibility index (Phi) is 7.54. The molecule has 0 saturated heterocycles. The zero-order valence-electron chi connectivity index (χ0n) is 10.7. The standard InChI is InChI=1S/C11H23N3O2/c1-5-9(2)13-10(15)8-12-7-6-11(16)14(3)4/h9,12H,5-8H2,1-4H3,(H,13,15). The first-order valence-electron chi connectivity index (χ1n) is 5.67. The van der Waals surface area contributed by atoms with Crippen LogP contribution in [-0.4, -0.2) is 49.9 Å². The Morgan fingerprint density at radius 2 is 1.94 bits per heavy atom. The molecule has 5 nitrogen and oxygen atoms in total. The van der Waals surface area contributed by atoms with Crippen LogP contribution in [0.3, 0.4) is 0 Å². The second-order valence-electron chi connectivity index (χ2n) is 4.09. The van der Waals surface area contributed by atoms with Gasteiger partial charge in [-0.1, -0.05) is 6.92 Å². The molecular formula is C11H23N3O2. The predicted octanol–water partition coefficient (Wildman–Crippen LogP) is -0.0310. The Morgan fingerprint density at radius 3 is 2.44 bits per heavy atom. The molecule has 0 heterocycles. The summed E-state index contributed by atoms with van der Waals surface area (Å²) in [6.45, 7) is 4.79. The molecule has 0 aliphatic rings. The zero-order valence-corrected chi connectivity index (χ0v) is 10.7. The summed E-state index contributed by atoms with van der Waals surface area (Å²) in [6, 6.07) is 0.206. The highest BCUT2D eigenvalue weighted by Gasteiger charge is 2.06. The minimum Gasteiger partial charge on any atom is -0.353 e. The third-order valence-electron chi connectivity index (χ3n) is 2.32. The van der Waals surface area contributed by atoms with Gasteiger partial charge < -0.3 is 15.5 Å². The van der Waals surface area contributed by atoms with E-state index in [0.717, 1.165) is 6.42 Å². The Balaban J connectivity index is 3.52. The number of nitrogens with one attached hydrogen (secondary N) is 2. The highest BCUT2D eigenvalue weighted by atomic mass is 16.2. The highest BCUT2D eigenvalue weighted by molar-refractivity contribution is 5.78. The minimum absolute atomic E-state index is 0.0216. The van der Waals surface area contributed by atoms with Crippen molar-refractivity contribution in [3.63, 3.8) is 0 Å². The molecule has 0 aliphatic carbocycles. The van der Waals surface area contributed by atoms with Gasteiger partial charge >= 0.3 is 0 Å². The second kappa shape index (κ2) is 8.10. The van der Waals surface area contributed by atoms with Crippen molar-refractivity contribution in [3.8, 4) is 0 Å². The van der Waals surface area contributed by atoms with Gasteiger partial charge in [0.05, 0.1) is 6.54 Å². The lowest BCUT2D eigenvalue weighted by atomic mass is 10.2. The van der Waals surface area contributed by atoms with Gasteiger partial charge in [0.25, 0.3) is 0 Å². The van der Waals surface area contributed by atoms with Crippen LogP contribution in [0.15, 0.2) is 0 Å². The maximum atomic E-state index is 11.3. The van der Waals surface area contributed by atoms with E-state index in [1.165, 1.54) is 0 Å². The summed E-state index contributed by atoms with van der Waals surface area (Å²) in [5, 5.41) is 5.78. The van der Waals surface area contributed by atoms with Crippen LogP contribution in [0.1, 0.15) is 26.7 Å². The molecule has 0 aromatic carbocycles. The van der Waals surface area contributed by atoms with E-state index in [9.17, 15) is 9.59 Å². The SMILES string of the molecule is CCC(C)NC(=O)CNCCC(=O)N(C)C. The van der Waals surface area contributed by atoms with Crippen LogP contribution in [0.25, 0.3) is 0 Å². The van der Waals surface area contributed by atoms with Crippen LogP contribution in [0.4, 0.5) is 0 Å². The molecule has 0 radical (unpaired) electrons. The fraction of sp³-hybridized carbons (Fsp3) is 0.818. The minimum atomic E-state index is -0.0216. The number of carbonyl (C=O) groups is 2.